The highest BCUT2D eigenvalue weighted by molar-refractivity contribution is 7.92. The van der Waals surface area contributed by atoms with E-state index in [2.05, 4.69) is 10.2 Å². The number of nitrogens with zero attached hydrogens (tertiary/aromatic N) is 1. The number of piperidine rings is 1. The van der Waals surface area contributed by atoms with Crippen molar-refractivity contribution in [3.05, 3.63) is 0 Å². The lowest BCUT2D eigenvalue weighted by Gasteiger charge is -2.30. The maximum Gasteiger partial charge on any atom is 0.153 e. The highest BCUT2D eigenvalue weighted by atomic mass is 32.2. The summed E-state index contributed by atoms with van der Waals surface area (Å²) in [6.07, 6.45) is 6.31. The molecule has 1 atom stereocenters. The van der Waals surface area contributed by atoms with Gasteiger partial charge in [0.25, 0.3) is 0 Å². The Hall–Kier alpha value is -0.130. The molecule has 2 aliphatic rings. The van der Waals surface area contributed by atoms with Crippen molar-refractivity contribution in [2.45, 2.75) is 63.3 Å². The van der Waals surface area contributed by atoms with Gasteiger partial charge in [0.05, 0.1) is 11.0 Å². The zero-order valence-electron chi connectivity index (χ0n) is 12.3. The molecule has 0 aromatic heterocycles. The third-order valence-electron chi connectivity index (χ3n) is 4.31. The van der Waals surface area contributed by atoms with Crippen LogP contribution in [-0.4, -0.2) is 56.0 Å². The minimum Gasteiger partial charge on any atom is -0.313 e. The first kappa shape index (κ1) is 15.3. The molecule has 1 N–H and O–H groups in total. The lowest BCUT2D eigenvalue weighted by molar-refractivity contribution is 0.226. The Kier molecular flexibility index (Phi) is 5.26. The average molecular weight is 288 g/mol. The van der Waals surface area contributed by atoms with Gasteiger partial charge in [-0.3, -0.25) is 4.90 Å². The van der Waals surface area contributed by atoms with Crippen LogP contribution in [0.3, 0.4) is 0 Å². The molecule has 1 unspecified atom stereocenters. The van der Waals surface area contributed by atoms with E-state index in [4.69, 9.17) is 0 Å². The van der Waals surface area contributed by atoms with E-state index in [1.165, 1.54) is 32.1 Å². The molecule has 1 heterocycles. The Bertz CT molecular complexity index is 371. The number of nitrogens with one attached hydrogen (secondary N) is 1. The van der Waals surface area contributed by atoms with E-state index in [-0.39, 0.29) is 5.25 Å². The molecule has 2 fully saturated rings. The van der Waals surface area contributed by atoms with Crippen molar-refractivity contribution in [3.63, 3.8) is 0 Å². The van der Waals surface area contributed by atoms with Crippen molar-refractivity contribution >= 4 is 9.84 Å². The van der Waals surface area contributed by atoms with Crippen LogP contribution in [0.25, 0.3) is 0 Å². The first-order valence-corrected chi connectivity index (χ1v) is 9.39. The van der Waals surface area contributed by atoms with E-state index in [1.807, 2.05) is 0 Å². The summed E-state index contributed by atoms with van der Waals surface area (Å²) in [5, 5.41) is 3.31. The van der Waals surface area contributed by atoms with Crippen LogP contribution in [0.15, 0.2) is 0 Å². The van der Waals surface area contributed by atoms with Gasteiger partial charge < -0.3 is 5.32 Å². The molecule has 19 heavy (non-hydrogen) atoms. The fourth-order valence-corrected chi connectivity index (χ4v) is 3.67. The first-order chi connectivity index (χ1) is 8.99. The summed E-state index contributed by atoms with van der Waals surface area (Å²) in [5.41, 5.74) is 0. The maximum atomic E-state index is 11.9. The first-order valence-electron chi connectivity index (χ1n) is 7.68. The van der Waals surface area contributed by atoms with Crippen LogP contribution in [0.5, 0.6) is 0 Å². The van der Waals surface area contributed by atoms with E-state index < -0.39 is 9.84 Å². The summed E-state index contributed by atoms with van der Waals surface area (Å²) in [4.78, 5) is 2.41. The van der Waals surface area contributed by atoms with Crippen LogP contribution < -0.4 is 5.32 Å². The molecule has 0 spiro atoms. The Labute approximate surface area is 117 Å². The molecule has 1 saturated heterocycles. The molecule has 1 aliphatic carbocycles. The van der Waals surface area contributed by atoms with E-state index in [9.17, 15) is 8.42 Å². The van der Waals surface area contributed by atoms with Gasteiger partial charge in [0, 0.05) is 25.2 Å². The van der Waals surface area contributed by atoms with Crippen molar-refractivity contribution in [2.24, 2.45) is 0 Å². The van der Waals surface area contributed by atoms with E-state index in [0.717, 1.165) is 13.1 Å². The lowest BCUT2D eigenvalue weighted by Crippen LogP contribution is -2.46. The second kappa shape index (κ2) is 6.55. The van der Waals surface area contributed by atoms with Gasteiger partial charge in [0.2, 0.25) is 0 Å². The molecule has 2 rings (SSSR count). The molecule has 4 nitrogen and oxygen atoms in total. The molecule has 0 aromatic rings. The monoisotopic (exact) mass is 288 g/mol. The minimum atomic E-state index is -2.90. The second-order valence-corrected chi connectivity index (χ2v) is 8.97. The molecule has 0 aromatic carbocycles. The van der Waals surface area contributed by atoms with Gasteiger partial charge in [-0.15, -0.1) is 0 Å². The van der Waals surface area contributed by atoms with Crippen LogP contribution in [0, 0.1) is 0 Å². The molecule has 0 radical (unpaired) electrons. The van der Waals surface area contributed by atoms with Gasteiger partial charge in [-0.05, 0) is 46.1 Å². The quantitative estimate of drug-likeness (QED) is 0.770. The average Bonchev–Trinajstić information content (AvgIpc) is 3.20. The van der Waals surface area contributed by atoms with Crippen molar-refractivity contribution < 1.29 is 8.42 Å². The predicted molar refractivity (Wildman–Crippen MR) is 79.2 cm³/mol. The van der Waals surface area contributed by atoms with E-state index >= 15 is 0 Å². The van der Waals surface area contributed by atoms with Crippen molar-refractivity contribution in [2.75, 3.05) is 25.4 Å². The summed E-state index contributed by atoms with van der Waals surface area (Å²) in [6, 6.07) is 1.21. The van der Waals surface area contributed by atoms with Gasteiger partial charge in [0.15, 0.2) is 9.84 Å². The fraction of sp³-hybridized carbons (Fsp3) is 1.00. The topological polar surface area (TPSA) is 49.4 Å². The Morgan fingerprint density at radius 1 is 1.21 bits per heavy atom. The van der Waals surface area contributed by atoms with Gasteiger partial charge in [-0.25, -0.2) is 8.42 Å². The molecule has 1 aliphatic heterocycles. The second-order valence-electron chi connectivity index (χ2n) is 6.29. The van der Waals surface area contributed by atoms with Gasteiger partial charge in [0.1, 0.15) is 0 Å². The largest absolute Gasteiger partial charge is 0.313 e. The molecular weight excluding hydrogens is 260 g/mol. The third-order valence-corrected chi connectivity index (χ3v) is 6.50. The van der Waals surface area contributed by atoms with Crippen LogP contribution in [0.4, 0.5) is 0 Å². The lowest BCUT2D eigenvalue weighted by atomic mass is 10.0. The number of hydrogen-bond acceptors (Lipinski definition) is 4. The molecule has 5 heteroatoms. The van der Waals surface area contributed by atoms with Gasteiger partial charge in [-0.2, -0.15) is 0 Å². The van der Waals surface area contributed by atoms with E-state index in [0.29, 0.717) is 24.4 Å². The maximum absolute atomic E-state index is 11.9. The van der Waals surface area contributed by atoms with Crippen LogP contribution in [-0.2, 0) is 9.84 Å². The zero-order valence-corrected chi connectivity index (χ0v) is 13.1. The summed E-state index contributed by atoms with van der Waals surface area (Å²) >= 11 is 0. The number of rotatable bonds is 7. The summed E-state index contributed by atoms with van der Waals surface area (Å²) in [6.45, 7) is 6.41. The molecule has 1 saturated carbocycles. The molecular formula is C14H28N2O2S. The third kappa shape index (κ3) is 4.72. The van der Waals surface area contributed by atoms with Crippen LogP contribution in [0.2, 0.25) is 0 Å². The van der Waals surface area contributed by atoms with Gasteiger partial charge >= 0.3 is 0 Å². The Morgan fingerprint density at radius 3 is 2.47 bits per heavy atom. The normalized spacial score (nSPS) is 25.2. The summed E-state index contributed by atoms with van der Waals surface area (Å²) in [5.74, 6) is 0.313. The Balaban J connectivity index is 1.82. The molecule has 0 bridgehead atoms. The van der Waals surface area contributed by atoms with Crippen molar-refractivity contribution in [3.8, 4) is 0 Å². The van der Waals surface area contributed by atoms with Crippen molar-refractivity contribution in [1.82, 2.24) is 10.2 Å². The standard InChI is InChI=1S/C14H28N2O2S/c1-12(2)19(17,18)10-9-16(14-6-7-14)11-13-5-3-4-8-15-13/h12-15H,3-11H2,1-2H3. The number of sulfone groups is 1. The smallest absolute Gasteiger partial charge is 0.153 e. The van der Waals surface area contributed by atoms with Crippen molar-refractivity contribution in [1.29, 1.82) is 0 Å². The molecule has 112 valence electrons. The SMILES string of the molecule is CC(C)S(=O)(=O)CCN(CC1CCCCN1)C1CC1. The van der Waals surface area contributed by atoms with Crippen LogP contribution >= 0.6 is 0 Å². The zero-order chi connectivity index (χ0) is 13.9. The fourth-order valence-electron chi connectivity index (χ4n) is 2.71. The summed E-state index contributed by atoms with van der Waals surface area (Å²) in [7, 11) is -2.90. The highest BCUT2D eigenvalue weighted by Crippen LogP contribution is 2.27. The predicted octanol–water partition coefficient (Wildman–Crippen LogP) is 1.42. The highest BCUT2D eigenvalue weighted by Gasteiger charge is 2.31. The van der Waals surface area contributed by atoms with E-state index in [1.54, 1.807) is 13.8 Å². The molecule has 0 amide bonds. The number of hydrogen-bond donors (Lipinski definition) is 1. The summed E-state index contributed by atoms with van der Waals surface area (Å²) < 4.78 is 23.9. The minimum absolute atomic E-state index is 0.249. The van der Waals surface area contributed by atoms with Crippen LogP contribution in [0.1, 0.15) is 46.0 Å². The Morgan fingerprint density at radius 2 is 1.95 bits per heavy atom. The van der Waals surface area contributed by atoms with Gasteiger partial charge in [-0.1, -0.05) is 6.42 Å².